The molecule has 0 aromatic rings. The van der Waals surface area contributed by atoms with Crippen LogP contribution in [0.25, 0.3) is 0 Å². The number of hydrogen-bond acceptors (Lipinski definition) is 4. The maximum absolute atomic E-state index is 11.9. The molecule has 3 rings (SSSR count). The number of esters is 1. The maximum atomic E-state index is 11.9. The Morgan fingerprint density at radius 1 is 1.42 bits per heavy atom. The molecule has 6 unspecified atom stereocenters. The third-order valence-corrected chi connectivity index (χ3v) is 4.76. The van der Waals surface area contributed by atoms with Gasteiger partial charge in [-0.1, -0.05) is 20.8 Å². The SMILES string of the molecule is CC(C)(C)CC[NH+]([O-])OC1C2CC3C(=O)OC1C3C2. The van der Waals surface area contributed by atoms with Gasteiger partial charge in [0, 0.05) is 12.3 Å². The van der Waals surface area contributed by atoms with Crippen molar-refractivity contribution in [3.63, 3.8) is 0 Å². The number of quaternary nitrogens is 1. The minimum atomic E-state index is -0.180. The fraction of sp³-hybridized carbons (Fsp3) is 0.929. The van der Waals surface area contributed by atoms with Gasteiger partial charge < -0.3 is 9.94 Å². The lowest BCUT2D eigenvalue weighted by atomic mass is 9.88. The summed E-state index contributed by atoms with van der Waals surface area (Å²) >= 11 is 0. The third-order valence-electron chi connectivity index (χ3n) is 4.76. The van der Waals surface area contributed by atoms with Crippen molar-refractivity contribution in [3.8, 4) is 0 Å². The van der Waals surface area contributed by atoms with Gasteiger partial charge in [0.1, 0.15) is 12.6 Å². The van der Waals surface area contributed by atoms with Crippen LogP contribution in [0.1, 0.15) is 40.0 Å². The van der Waals surface area contributed by atoms with E-state index in [9.17, 15) is 10.0 Å². The molecular formula is C14H23NO4. The number of nitrogens with one attached hydrogen (secondary N) is 1. The molecule has 0 aromatic carbocycles. The number of carbonyl (C=O) groups is 1. The molecule has 1 saturated heterocycles. The second-order valence-corrected chi connectivity index (χ2v) is 7.42. The van der Waals surface area contributed by atoms with E-state index in [1.165, 1.54) is 0 Å². The molecule has 0 amide bonds. The molecule has 0 aromatic heterocycles. The van der Waals surface area contributed by atoms with Crippen molar-refractivity contribution >= 4 is 5.97 Å². The first-order chi connectivity index (χ1) is 8.85. The summed E-state index contributed by atoms with van der Waals surface area (Å²) in [4.78, 5) is 17.2. The van der Waals surface area contributed by atoms with E-state index in [1.54, 1.807) is 0 Å². The Balaban J connectivity index is 1.55. The number of hydroxylamine groups is 2. The first kappa shape index (κ1) is 13.3. The Hall–Kier alpha value is -0.650. The molecule has 2 aliphatic carbocycles. The average Bonchev–Trinajstić information content (AvgIpc) is 2.90. The molecule has 3 aliphatic rings. The summed E-state index contributed by atoms with van der Waals surface area (Å²) in [5, 5.41) is 11.8. The molecule has 2 bridgehead atoms. The van der Waals surface area contributed by atoms with Crippen molar-refractivity contribution in [3.05, 3.63) is 5.21 Å². The van der Waals surface area contributed by atoms with E-state index >= 15 is 0 Å². The molecule has 1 heterocycles. The summed E-state index contributed by atoms with van der Waals surface area (Å²) in [5.41, 5.74) is 0.138. The Bertz CT molecular complexity index is 378. The molecule has 1 aliphatic heterocycles. The second kappa shape index (κ2) is 4.43. The normalized spacial score (nSPS) is 41.7. The lowest BCUT2D eigenvalue weighted by molar-refractivity contribution is -1.06. The van der Waals surface area contributed by atoms with E-state index in [4.69, 9.17) is 9.57 Å². The Morgan fingerprint density at radius 3 is 2.84 bits per heavy atom. The molecule has 0 radical (unpaired) electrons. The highest BCUT2D eigenvalue weighted by molar-refractivity contribution is 5.76. The highest BCUT2D eigenvalue weighted by Crippen LogP contribution is 2.54. The smallest absolute Gasteiger partial charge is 0.309 e. The van der Waals surface area contributed by atoms with E-state index in [-0.39, 0.29) is 34.7 Å². The molecule has 6 atom stereocenters. The summed E-state index contributed by atoms with van der Waals surface area (Å²) in [6.07, 6.45) is 2.31. The molecule has 3 fully saturated rings. The monoisotopic (exact) mass is 269 g/mol. The largest absolute Gasteiger partial charge is 0.600 e. The quantitative estimate of drug-likeness (QED) is 0.602. The standard InChI is InChI=1S/C14H23NO4/c1-14(2,3)4-5-15(17)19-11-8-6-9-10(7-8)13(16)18-12(9)11/h8-12,15H,4-7H2,1-3H3. The lowest BCUT2D eigenvalue weighted by Gasteiger charge is -2.31. The summed E-state index contributed by atoms with van der Waals surface area (Å²) in [5.74, 6) is 0.647. The summed E-state index contributed by atoms with van der Waals surface area (Å²) in [6.45, 7) is 6.78. The van der Waals surface area contributed by atoms with Gasteiger partial charge in [-0.2, -0.15) is 4.84 Å². The first-order valence-electron chi connectivity index (χ1n) is 7.25. The predicted molar refractivity (Wildman–Crippen MR) is 67.7 cm³/mol. The fourth-order valence-corrected chi connectivity index (χ4v) is 3.75. The van der Waals surface area contributed by atoms with Crippen LogP contribution in [0.15, 0.2) is 0 Å². The number of fused-ring (bicyclic) bond motifs is 1. The second-order valence-electron chi connectivity index (χ2n) is 7.42. The molecule has 1 N–H and O–H groups in total. The van der Waals surface area contributed by atoms with Crippen LogP contribution < -0.4 is 5.23 Å². The zero-order valence-electron chi connectivity index (χ0n) is 11.8. The van der Waals surface area contributed by atoms with Crippen molar-refractivity contribution in [1.82, 2.24) is 0 Å². The van der Waals surface area contributed by atoms with Gasteiger partial charge in [0.15, 0.2) is 6.10 Å². The van der Waals surface area contributed by atoms with Crippen LogP contribution in [0.3, 0.4) is 0 Å². The average molecular weight is 269 g/mol. The molecule has 5 heteroatoms. The zero-order valence-corrected chi connectivity index (χ0v) is 11.8. The molecule has 0 spiro atoms. The fourth-order valence-electron chi connectivity index (χ4n) is 3.75. The highest BCUT2D eigenvalue weighted by atomic mass is 16.9. The lowest BCUT2D eigenvalue weighted by Crippen LogP contribution is -3.07. The van der Waals surface area contributed by atoms with Crippen LogP contribution in [0.5, 0.6) is 0 Å². The van der Waals surface area contributed by atoms with E-state index in [0.29, 0.717) is 18.4 Å². The first-order valence-corrected chi connectivity index (χ1v) is 7.25. The maximum Gasteiger partial charge on any atom is 0.309 e. The molecule has 108 valence electrons. The van der Waals surface area contributed by atoms with E-state index in [2.05, 4.69) is 20.8 Å². The van der Waals surface area contributed by atoms with Crippen LogP contribution in [0.2, 0.25) is 0 Å². The molecule has 5 nitrogen and oxygen atoms in total. The number of hydrogen-bond donors (Lipinski definition) is 1. The van der Waals surface area contributed by atoms with E-state index in [0.717, 1.165) is 19.3 Å². The summed E-state index contributed by atoms with van der Waals surface area (Å²) in [6, 6.07) is 0. The van der Waals surface area contributed by atoms with Gasteiger partial charge in [-0.05, 0) is 24.2 Å². The van der Waals surface area contributed by atoms with E-state index in [1.807, 2.05) is 0 Å². The molecular weight excluding hydrogens is 246 g/mol. The Labute approximate surface area is 113 Å². The predicted octanol–water partition coefficient (Wildman–Crippen LogP) is 0.687. The van der Waals surface area contributed by atoms with Gasteiger partial charge in [-0.15, -0.1) is 0 Å². The van der Waals surface area contributed by atoms with Crippen LogP contribution in [-0.2, 0) is 14.4 Å². The number of rotatable bonds is 4. The number of carbonyl (C=O) groups excluding carboxylic acids is 1. The zero-order chi connectivity index (χ0) is 13.8. The van der Waals surface area contributed by atoms with Crippen LogP contribution in [-0.4, -0.2) is 24.7 Å². The third kappa shape index (κ3) is 2.39. The van der Waals surface area contributed by atoms with Crippen molar-refractivity contribution in [2.24, 2.45) is 23.2 Å². The topological polar surface area (TPSA) is 63.0 Å². The van der Waals surface area contributed by atoms with Gasteiger partial charge in [-0.25, -0.2) is 5.23 Å². The minimum absolute atomic E-state index is 0.0780. The van der Waals surface area contributed by atoms with Crippen molar-refractivity contribution in [2.45, 2.75) is 52.2 Å². The van der Waals surface area contributed by atoms with Gasteiger partial charge in [0.05, 0.1) is 5.92 Å². The number of ether oxygens (including phenoxy) is 1. The van der Waals surface area contributed by atoms with Gasteiger partial charge >= 0.3 is 5.97 Å². The Morgan fingerprint density at radius 2 is 2.16 bits per heavy atom. The Kier molecular flexibility index (Phi) is 3.11. The molecule has 2 saturated carbocycles. The van der Waals surface area contributed by atoms with Crippen molar-refractivity contribution in [1.29, 1.82) is 0 Å². The van der Waals surface area contributed by atoms with Crippen LogP contribution >= 0.6 is 0 Å². The van der Waals surface area contributed by atoms with Gasteiger partial charge in [-0.3, -0.25) is 4.79 Å². The van der Waals surface area contributed by atoms with Gasteiger partial charge in [0.25, 0.3) is 0 Å². The van der Waals surface area contributed by atoms with Crippen molar-refractivity contribution < 1.29 is 19.6 Å². The van der Waals surface area contributed by atoms with E-state index < -0.39 is 0 Å². The van der Waals surface area contributed by atoms with Crippen molar-refractivity contribution in [2.75, 3.05) is 6.54 Å². The van der Waals surface area contributed by atoms with Gasteiger partial charge in [0.2, 0.25) is 0 Å². The summed E-state index contributed by atoms with van der Waals surface area (Å²) in [7, 11) is 0. The van der Waals surface area contributed by atoms with Crippen LogP contribution in [0.4, 0.5) is 0 Å². The highest BCUT2D eigenvalue weighted by Gasteiger charge is 2.63. The molecule has 19 heavy (non-hydrogen) atoms. The minimum Gasteiger partial charge on any atom is -0.600 e. The summed E-state index contributed by atoms with van der Waals surface area (Å²) < 4.78 is 5.38. The van der Waals surface area contributed by atoms with Crippen LogP contribution in [0, 0.1) is 28.4 Å².